The minimum absolute atomic E-state index is 0.00664. The highest BCUT2D eigenvalue weighted by molar-refractivity contribution is 7.99. The van der Waals surface area contributed by atoms with Gasteiger partial charge in [0.2, 0.25) is 0 Å². The summed E-state index contributed by atoms with van der Waals surface area (Å²) in [5.41, 5.74) is 4.20. The molecule has 2 atom stereocenters. The van der Waals surface area contributed by atoms with Crippen molar-refractivity contribution in [3.8, 4) is 11.5 Å². The topological polar surface area (TPSA) is 18.5 Å². The van der Waals surface area contributed by atoms with Crippen LogP contribution in [0.3, 0.4) is 0 Å². The molecule has 22 heavy (non-hydrogen) atoms. The summed E-state index contributed by atoms with van der Waals surface area (Å²) >= 11 is 2.04. The van der Waals surface area contributed by atoms with Crippen LogP contribution in [0.5, 0.6) is 11.5 Å². The van der Waals surface area contributed by atoms with Crippen LogP contribution in [0.4, 0.5) is 0 Å². The molecule has 0 amide bonds. The molecular weight excluding hydrogens is 292 g/mol. The summed E-state index contributed by atoms with van der Waals surface area (Å²) in [5, 5.41) is 0.557. The molecule has 2 unspecified atom stereocenters. The Morgan fingerprint density at radius 2 is 2.09 bits per heavy atom. The molecule has 1 heterocycles. The normalized spacial score (nSPS) is 24.9. The molecule has 2 nitrogen and oxygen atoms in total. The lowest BCUT2D eigenvalue weighted by Gasteiger charge is -2.24. The second-order valence-corrected chi connectivity index (χ2v) is 7.45. The van der Waals surface area contributed by atoms with Gasteiger partial charge in [-0.2, -0.15) is 11.8 Å². The molecule has 0 saturated carbocycles. The number of rotatable bonds is 3. The number of hydrogen-bond donors (Lipinski definition) is 0. The van der Waals surface area contributed by atoms with Crippen molar-refractivity contribution in [2.24, 2.45) is 0 Å². The van der Waals surface area contributed by atoms with Crippen LogP contribution in [0.2, 0.25) is 0 Å². The lowest BCUT2D eigenvalue weighted by atomic mass is 9.77. The van der Waals surface area contributed by atoms with Crippen molar-refractivity contribution >= 4 is 11.8 Å². The first-order valence-electron chi connectivity index (χ1n) is 7.81. The summed E-state index contributed by atoms with van der Waals surface area (Å²) < 4.78 is 11.5. The fourth-order valence-electron chi connectivity index (χ4n) is 3.91. The van der Waals surface area contributed by atoms with Crippen molar-refractivity contribution in [1.82, 2.24) is 0 Å². The van der Waals surface area contributed by atoms with E-state index in [0.29, 0.717) is 5.25 Å². The van der Waals surface area contributed by atoms with Gasteiger partial charge in [-0.05, 0) is 41.5 Å². The van der Waals surface area contributed by atoms with Crippen LogP contribution >= 0.6 is 11.8 Å². The van der Waals surface area contributed by atoms with E-state index in [1.54, 1.807) is 7.11 Å². The van der Waals surface area contributed by atoms with Crippen molar-refractivity contribution in [2.45, 2.75) is 24.0 Å². The van der Waals surface area contributed by atoms with Crippen LogP contribution in [-0.2, 0) is 5.41 Å². The van der Waals surface area contributed by atoms with E-state index in [9.17, 15) is 0 Å². The van der Waals surface area contributed by atoms with Gasteiger partial charge in [0.05, 0.1) is 12.5 Å². The van der Waals surface area contributed by atoms with Gasteiger partial charge in [-0.15, -0.1) is 0 Å². The van der Waals surface area contributed by atoms with Crippen LogP contribution in [0.1, 0.15) is 35.3 Å². The van der Waals surface area contributed by atoms with Gasteiger partial charge in [0.15, 0.2) is 0 Å². The largest absolute Gasteiger partial charge is 0.497 e. The van der Waals surface area contributed by atoms with Crippen LogP contribution in [0, 0.1) is 0 Å². The maximum atomic E-state index is 6.05. The molecule has 114 valence electrons. The monoisotopic (exact) mass is 312 g/mol. The first-order valence-corrected chi connectivity index (χ1v) is 8.85. The SMILES string of the molecule is CCSC1CC2(COc3ccc(OC)cc32)c2ccccc21. The molecule has 2 aromatic carbocycles. The number of hydrogen-bond acceptors (Lipinski definition) is 3. The van der Waals surface area contributed by atoms with E-state index < -0.39 is 0 Å². The van der Waals surface area contributed by atoms with Crippen molar-refractivity contribution in [3.63, 3.8) is 0 Å². The number of methoxy groups -OCH3 is 1. The molecule has 3 heteroatoms. The fourth-order valence-corrected chi connectivity index (χ4v) is 5.10. The molecular formula is C19H20O2S. The second kappa shape index (κ2) is 5.24. The lowest BCUT2D eigenvalue weighted by molar-refractivity contribution is 0.290. The van der Waals surface area contributed by atoms with Crippen LogP contribution < -0.4 is 9.47 Å². The Labute approximate surface area is 135 Å². The van der Waals surface area contributed by atoms with Gasteiger partial charge in [-0.25, -0.2) is 0 Å². The lowest BCUT2D eigenvalue weighted by Crippen LogP contribution is -2.26. The predicted molar refractivity (Wildman–Crippen MR) is 91.2 cm³/mol. The van der Waals surface area contributed by atoms with Gasteiger partial charge in [0, 0.05) is 10.8 Å². The average molecular weight is 312 g/mol. The third kappa shape index (κ3) is 1.88. The highest BCUT2D eigenvalue weighted by Gasteiger charge is 2.50. The van der Waals surface area contributed by atoms with Gasteiger partial charge in [-0.1, -0.05) is 31.2 Å². The number of benzene rings is 2. The smallest absolute Gasteiger partial charge is 0.123 e. The summed E-state index contributed by atoms with van der Waals surface area (Å²) in [4.78, 5) is 0. The zero-order chi connectivity index (χ0) is 15.2. The number of fused-ring (bicyclic) bond motifs is 4. The highest BCUT2D eigenvalue weighted by atomic mass is 32.2. The summed E-state index contributed by atoms with van der Waals surface area (Å²) in [7, 11) is 1.72. The molecule has 0 fully saturated rings. The standard InChI is InChI=1S/C19H20O2S/c1-3-22-18-11-19(15-7-5-4-6-14(15)18)12-21-17-9-8-13(20-2)10-16(17)19/h4-10,18H,3,11-12H2,1-2H3. The Bertz CT molecular complexity index is 712. The molecule has 1 spiro atoms. The molecule has 4 rings (SSSR count). The van der Waals surface area contributed by atoms with Gasteiger partial charge < -0.3 is 9.47 Å². The summed E-state index contributed by atoms with van der Waals surface area (Å²) in [6.07, 6.45) is 1.12. The molecule has 2 aromatic rings. The second-order valence-electron chi connectivity index (χ2n) is 5.97. The van der Waals surface area contributed by atoms with Gasteiger partial charge >= 0.3 is 0 Å². The van der Waals surface area contributed by atoms with Gasteiger partial charge in [0.1, 0.15) is 18.1 Å². The molecule has 0 bridgehead atoms. The molecule has 0 saturated heterocycles. The van der Waals surface area contributed by atoms with Crippen molar-refractivity contribution in [3.05, 3.63) is 59.2 Å². The molecule has 1 aliphatic carbocycles. The Kier molecular flexibility index (Phi) is 3.33. The van der Waals surface area contributed by atoms with Crippen molar-refractivity contribution in [1.29, 1.82) is 0 Å². The van der Waals surface area contributed by atoms with E-state index in [1.165, 1.54) is 16.7 Å². The van der Waals surface area contributed by atoms with Gasteiger partial charge in [0.25, 0.3) is 0 Å². The van der Waals surface area contributed by atoms with E-state index in [4.69, 9.17) is 9.47 Å². The Balaban J connectivity index is 1.88. The minimum atomic E-state index is -0.00664. The van der Waals surface area contributed by atoms with Crippen LogP contribution in [0.25, 0.3) is 0 Å². The Morgan fingerprint density at radius 3 is 2.91 bits per heavy atom. The average Bonchev–Trinajstić information content (AvgIpc) is 3.08. The predicted octanol–water partition coefficient (Wildman–Crippen LogP) is 4.57. The van der Waals surface area contributed by atoms with E-state index >= 15 is 0 Å². The molecule has 0 aromatic heterocycles. The summed E-state index contributed by atoms with van der Waals surface area (Å²) in [6.45, 7) is 2.98. The van der Waals surface area contributed by atoms with Gasteiger partial charge in [-0.3, -0.25) is 0 Å². The quantitative estimate of drug-likeness (QED) is 0.827. The van der Waals surface area contributed by atoms with E-state index in [0.717, 1.165) is 30.3 Å². The maximum Gasteiger partial charge on any atom is 0.123 e. The zero-order valence-corrected chi connectivity index (χ0v) is 13.8. The summed E-state index contributed by atoms with van der Waals surface area (Å²) in [5.74, 6) is 3.06. The minimum Gasteiger partial charge on any atom is -0.497 e. The van der Waals surface area contributed by atoms with Crippen molar-refractivity contribution in [2.75, 3.05) is 19.5 Å². The highest BCUT2D eigenvalue weighted by Crippen LogP contribution is 2.58. The van der Waals surface area contributed by atoms with E-state index in [1.807, 2.05) is 23.9 Å². The Hall–Kier alpha value is -1.61. The third-order valence-electron chi connectivity index (χ3n) is 4.90. The molecule has 1 aliphatic heterocycles. The number of ether oxygens (including phenoxy) is 2. The van der Waals surface area contributed by atoms with Crippen molar-refractivity contribution < 1.29 is 9.47 Å². The van der Waals surface area contributed by atoms with E-state index in [2.05, 4.69) is 37.3 Å². The first kappa shape index (κ1) is 14.0. The molecule has 2 aliphatic rings. The van der Waals surface area contributed by atoms with Crippen LogP contribution in [0.15, 0.2) is 42.5 Å². The summed E-state index contributed by atoms with van der Waals surface area (Å²) in [6, 6.07) is 15.1. The fraction of sp³-hybridized carbons (Fsp3) is 0.368. The molecule has 0 radical (unpaired) electrons. The first-order chi connectivity index (χ1) is 10.8. The zero-order valence-electron chi connectivity index (χ0n) is 13.0. The molecule has 0 N–H and O–H groups in total. The third-order valence-corrected chi connectivity index (χ3v) is 6.06. The number of thioether (sulfide) groups is 1. The van der Waals surface area contributed by atoms with Crippen LogP contribution in [-0.4, -0.2) is 19.5 Å². The maximum absolute atomic E-state index is 6.05. The van der Waals surface area contributed by atoms with E-state index in [-0.39, 0.29) is 5.41 Å². The Morgan fingerprint density at radius 1 is 1.23 bits per heavy atom.